The predicted octanol–water partition coefficient (Wildman–Crippen LogP) is 2.65. The molecule has 4 heteroatoms. The molecule has 0 amide bonds. The van der Waals surface area contributed by atoms with E-state index in [0.29, 0.717) is 12.1 Å². The first kappa shape index (κ1) is 11.9. The second-order valence-electron chi connectivity index (χ2n) is 5.46. The minimum absolute atomic E-state index is 0.408. The summed E-state index contributed by atoms with van der Waals surface area (Å²) in [5.74, 6) is 0.952. The summed E-state index contributed by atoms with van der Waals surface area (Å²) >= 11 is 0. The maximum absolute atomic E-state index is 4.71. The zero-order valence-corrected chi connectivity index (χ0v) is 10.9. The van der Waals surface area contributed by atoms with Gasteiger partial charge in [-0.15, -0.1) is 0 Å². The van der Waals surface area contributed by atoms with Crippen LogP contribution in [0.4, 0.5) is 5.82 Å². The Morgan fingerprint density at radius 1 is 1.06 bits per heavy atom. The molecule has 98 valence electrons. The van der Waals surface area contributed by atoms with Crippen LogP contribution in [0.5, 0.6) is 0 Å². The number of rotatable bonds is 3. The van der Waals surface area contributed by atoms with Crippen molar-refractivity contribution in [3.05, 3.63) is 18.1 Å². The lowest BCUT2D eigenvalue weighted by Gasteiger charge is -2.23. The molecule has 1 saturated heterocycles. The Labute approximate surface area is 109 Å². The summed E-state index contributed by atoms with van der Waals surface area (Å²) in [6, 6.07) is 1.01. The van der Waals surface area contributed by atoms with Crippen LogP contribution >= 0.6 is 0 Å². The average Bonchev–Trinajstić information content (AvgIpc) is 2.94. The molecule has 2 aliphatic rings. The van der Waals surface area contributed by atoms with Gasteiger partial charge >= 0.3 is 0 Å². The van der Waals surface area contributed by atoms with Gasteiger partial charge in [-0.3, -0.25) is 4.98 Å². The van der Waals surface area contributed by atoms with Gasteiger partial charge in [0.25, 0.3) is 0 Å². The smallest absolute Gasteiger partial charge is 0.145 e. The normalized spacial score (nSPS) is 25.2. The first-order chi connectivity index (χ1) is 8.92. The van der Waals surface area contributed by atoms with Crippen molar-refractivity contribution in [3.8, 4) is 0 Å². The molecule has 0 radical (unpaired) electrons. The Bertz CT molecular complexity index is 381. The highest BCUT2D eigenvalue weighted by atomic mass is 15.1. The van der Waals surface area contributed by atoms with Gasteiger partial charge in [0.15, 0.2) is 0 Å². The van der Waals surface area contributed by atoms with E-state index >= 15 is 0 Å². The molecule has 0 bridgehead atoms. The van der Waals surface area contributed by atoms with Crippen LogP contribution in [-0.2, 0) is 0 Å². The molecular weight excluding hydrogens is 224 g/mol. The second-order valence-corrected chi connectivity index (χ2v) is 5.46. The van der Waals surface area contributed by atoms with Crippen molar-refractivity contribution in [2.24, 2.45) is 0 Å². The molecular formula is C14H22N4. The minimum atomic E-state index is 0.408. The van der Waals surface area contributed by atoms with Gasteiger partial charge in [-0.25, -0.2) is 4.98 Å². The van der Waals surface area contributed by atoms with Crippen molar-refractivity contribution >= 4 is 5.82 Å². The first-order valence-corrected chi connectivity index (χ1v) is 7.24. The molecule has 2 N–H and O–H groups in total. The minimum Gasteiger partial charge on any atom is -0.366 e. The fourth-order valence-electron chi connectivity index (χ4n) is 3.01. The number of aromatic nitrogens is 2. The van der Waals surface area contributed by atoms with Gasteiger partial charge in [0.05, 0.1) is 24.1 Å². The van der Waals surface area contributed by atoms with E-state index in [1.807, 2.05) is 12.4 Å². The van der Waals surface area contributed by atoms with Crippen molar-refractivity contribution in [2.75, 3.05) is 11.9 Å². The van der Waals surface area contributed by atoms with Gasteiger partial charge in [-0.05, 0) is 32.2 Å². The lowest BCUT2D eigenvalue weighted by atomic mass is 9.95. The van der Waals surface area contributed by atoms with Crippen molar-refractivity contribution in [1.29, 1.82) is 0 Å². The Kier molecular flexibility index (Phi) is 3.74. The average molecular weight is 246 g/mol. The second kappa shape index (κ2) is 5.65. The molecule has 18 heavy (non-hydrogen) atoms. The summed E-state index contributed by atoms with van der Waals surface area (Å²) in [6.07, 6.45) is 12.8. The van der Waals surface area contributed by atoms with Crippen molar-refractivity contribution in [3.63, 3.8) is 0 Å². The molecule has 1 aromatic rings. The molecule has 0 aromatic carbocycles. The summed E-state index contributed by atoms with van der Waals surface area (Å²) < 4.78 is 0. The third-order valence-corrected chi connectivity index (χ3v) is 4.03. The summed E-state index contributed by atoms with van der Waals surface area (Å²) in [5.41, 5.74) is 1.09. The Morgan fingerprint density at radius 3 is 2.72 bits per heavy atom. The molecule has 1 aromatic heterocycles. The number of anilines is 1. The maximum atomic E-state index is 4.71. The van der Waals surface area contributed by atoms with E-state index in [4.69, 9.17) is 4.98 Å². The highest BCUT2D eigenvalue weighted by Crippen LogP contribution is 2.23. The molecule has 1 aliphatic heterocycles. The zero-order chi connectivity index (χ0) is 12.2. The molecule has 0 unspecified atom stereocenters. The van der Waals surface area contributed by atoms with Gasteiger partial charge < -0.3 is 10.6 Å². The highest BCUT2D eigenvalue weighted by molar-refractivity contribution is 5.34. The van der Waals surface area contributed by atoms with Gasteiger partial charge in [0.1, 0.15) is 5.82 Å². The zero-order valence-electron chi connectivity index (χ0n) is 10.9. The van der Waals surface area contributed by atoms with E-state index in [1.54, 1.807) is 0 Å². The maximum Gasteiger partial charge on any atom is 0.145 e. The van der Waals surface area contributed by atoms with Crippen molar-refractivity contribution < 1.29 is 0 Å². The van der Waals surface area contributed by atoms with Crippen LogP contribution < -0.4 is 10.6 Å². The van der Waals surface area contributed by atoms with E-state index in [9.17, 15) is 0 Å². The fraction of sp³-hybridized carbons (Fsp3) is 0.714. The summed E-state index contributed by atoms with van der Waals surface area (Å²) in [7, 11) is 0. The van der Waals surface area contributed by atoms with Crippen molar-refractivity contribution in [1.82, 2.24) is 15.3 Å². The Morgan fingerprint density at radius 2 is 1.94 bits per heavy atom. The Hall–Kier alpha value is -1.16. The Balaban J connectivity index is 1.66. The van der Waals surface area contributed by atoms with Gasteiger partial charge in [0, 0.05) is 6.04 Å². The van der Waals surface area contributed by atoms with Crippen LogP contribution in [0.3, 0.4) is 0 Å². The van der Waals surface area contributed by atoms with Gasteiger partial charge in [-0.2, -0.15) is 0 Å². The standard InChI is InChI=1S/C14H22N4/c1-2-5-11(6-3-1)17-14-10-15-9-13(18-14)12-7-4-8-16-12/h9-12,16H,1-8H2,(H,17,18)/t12-/m0/s1. The molecule has 2 heterocycles. The van der Waals surface area contributed by atoms with E-state index in [0.717, 1.165) is 18.1 Å². The SMILES string of the molecule is c1ncc([C@@H]2CCCN2)nc1NC1CCCCC1. The molecule has 1 aliphatic carbocycles. The van der Waals surface area contributed by atoms with Crippen LogP contribution in [0.2, 0.25) is 0 Å². The predicted molar refractivity (Wildman–Crippen MR) is 72.5 cm³/mol. The molecule has 0 spiro atoms. The van der Waals surface area contributed by atoms with Crippen LogP contribution in [0, 0.1) is 0 Å². The van der Waals surface area contributed by atoms with Crippen LogP contribution in [0.15, 0.2) is 12.4 Å². The monoisotopic (exact) mass is 246 g/mol. The first-order valence-electron chi connectivity index (χ1n) is 7.24. The summed E-state index contributed by atoms with van der Waals surface area (Å²) in [4.78, 5) is 9.04. The van der Waals surface area contributed by atoms with Crippen LogP contribution in [0.1, 0.15) is 56.7 Å². The molecule has 1 saturated carbocycles. The number of hydrogen-bond donors (Lipinski definition) is 2. The lowest BCUT2D eigenvalue weighted by molar-refractivity contribution is 0.461. The van der Waals surface area contributed by atoms with E-state index in [1.165, 1.54) is 44.9 Å². The lowest BCUT2D eigenvalue weighted by Crippen LogP contribution is -2.23. The molecule has 1 atom stereocenters. The highest BCUT2D eigenvalue weighted by Gasteiger charge is 2.19. The topological polar surface area (TPSA) is 49.8 Å². The summed E-state index contributed by atoms with van der Waals surface area (Å²) in [5, 5.41) is 7.02. The number of nitrogens with zero attached hydrogens (tertiary/aromatic N) is 2. The largest absolute Gasteiger partial charge is 0.366 e. The third-order valence-electron chi connectivity index (χ3n) is 4.03. The van der Waals surface area contributed by atoms with Gasteiger partial charge in [0.2, 0.25) is 0 Å². The molecule has 4 nitrogen and oxygen atoms in total. The van der Waals surface area contributed by atoms with Crippen molar-refractivity contribution in [2.45, 2.75) is 57.0 Å². The van der Waals surface area contributed by atoms with E-state index in [-0.39, 0.29) is 0 Å². The van der Waals surface area contributed by atoms with E-state index in [2.05, 4.69) is 15.6 Å². The quantitative estimate of drug-likeness (QED) is 0.861. The number of hydrogen-bond acceptors (Lipinski definition) is 4. The van der Waals surface area contributed by atoms with Gasteiger partial charge in [-0.1, -0.05) is 19.3 Å². The molecule has 2 fully saturated rings. The third kappa shape index (κ3) is 2.80. The fourth-order valence-corrected chi connectivity index (χ4v) is 3.01. The van der Waals surface area contributed by atoms with E-state index < -0.39 is 0 Å². The number of nitrogens with one attached hydrogen (secondary N) is 2. The molecule has 3 rings (SSSR count). The van der Waals surface area contributed by atoms with Crippen LogP contribution in [0.25, 0.3) is 0 Å². The van der Waals surface area contributed by atoms with Crippen LogP contribution in [-0.4, -0.2) is 22.6 Å². The summed E-state index contributed by atoms with van der Waals surface area (Å²) in [6.45, 7) is 1.10.